The number of hydrogen-bond donors (Lipinski definition) is 1. The third-order valence-electron chi connectivity index (χ3n) is 2.88. The normalized spacial score (nSPS) is 22.6. The first kappa shape index (κ1) is 10.4. The first-order valence-electron chi connectivity index (χ1n) is 5.53. The minimum atomic E-state index is 0.749. The number of anilines is 1. The zero-order chi connectivity index (χ0) is 10.5. The number of hydrogen-bond acceptors (Lipinski definition) is 4. The van der Waals surface area contributed by atoms with Crippen molar-refractivity contribution in [2.75, 3.05) is 32.0 Å². The Labute approximate surface area is 90.7 Å². The van der Waals surface area contributed by atoms with Crippen molar-refractivity contribution in [3.8, 4) is 0 Å². The molecule has 1 aliphatic heterocycles. The van der Waals surface area contributed by atoms with E-state index < -0.39 is 0 Å². The number of rotatable bonds is 3. The summed E-state index contributed by atoms with van der Waals surface area (Å²) >= 11 is 0. The third kappa shape index (κ3) is 3.16. The number of piperidine rings is 1. The van der Waals surface area contributed by atoms with Crippen LogP contribution in [-0.4, -0.2) is 41.5 Å². The maximum atomic E-state index is 4.15. The summed E-state index contributed by atoms with van der Waals surface area (Å²) in [6, 6.07) is 1.91. The first-order chi connectivity index (χ1) is 7.34. The molecule has 4 heteroatoms. The lowest BCUT2D eigenvalue weighted by Gasteiger charge is -2.29. The highest BCUT2D eigenvalue weighted by atomic mass is 15.1. The Morgan fingerprint density at radius 3 is 3.27 bits per heavy atom. The highest BCUT2D eigenvalue weighted by Gasteiger charge is 2.16. The van der Waals surface area contributed by atoms with Gasteiger partial charge < -0.3 is 10.2 Å². The molecule has 1 aromatic heterocycles. The van der Waals surface area contributed by atoms with Crippen LogP contribution in [0.4, 0.5) is 5.82 Å². The Hall–Kier alpha value is -1.16. The van der Waals surface area contributed by atoms with Crippen LogP contribution in [0, 0.1) is 5.92 Å². The van der Waals surface area contributed by atoms with E-state index in [1.807, 2.05) is 6.07 Å². The van der Waals surface area contributed by atoms with Crippen molar-refractivity contribution in [3.63, 3.8) is 0 Å². The van der Waals surface area contributed by atoms with Crippen LogP contribution in [0.25, 0.3) is 0 Å². The van der Waals surface area contributed by atoms with E-state index >= 15 is 0 Å². The molecular weight excluding hydrogens is 188 g/mol. The largest absolute Gasteiger partial charge is 0.370 e. The average Bonchev–Trinajstić information content (AvgIpc) is 2.28. The van der Waals surface area contributed by atoms with Crippen molar-refractivity contribution in [1.82, 2.24) is 14.9 Å². The predicted molar refractivity (Wildman–Crippen MR) is 60.7 cm³/mol. The fraction of sp³-hybridized carbons (Fsp3) is 0.636. The van der Waals surface area contributed by atoms with Gasteiger partial charge in [-0.15, -0.1) is 0 Å². The minimum absolute atomic E-state index is 0.749. The summed E-state index contributed by atoms with van der Waals surface area (Å²) in [5.74, 6) is 1.68. The van der Waals surface area contributed by atoms with Gasteiger partial charge in [0.15, 0.2) is 0 Å². The Bertz CT molecular complexity index is 288. The van der Waals surface area contributed by atoms with Crippen LogP contribution in [0.1, 0.15) is 12.8 Å². The van der Waals surface area contributed by atoms with E-state index in [0.29, 0.717) is 0 Å². The topological polar surface area (TPSA) is 41.0 Å². The Kier molecular flexibility index (Phi) is 3.50. The molecule has 0 saturated carbocycles. The molecule has 1 N–H and O–H groups in total. The van der Waals surface area contributed by atoms with Gasteiger partial charge in [-0.2, -0.15) is 0 Å². The molecule has 4 nitrogen and oxygen atoms in total. The van der Waals surface area contributed by atoms with Crippen LogP contribution >= 0.6 is 0 Å². The van der Waals surface area contributed by atoms with E-state index in [4.69, 9.17) is 0 Å². The van der Waals surface area contributed by atoms with E-state index in [1.165, 1.54) is 25.9 Å². The van der Waals surface area contributed by atoms with Crippen molar-refractivity contribution in [1.29, 1.82) is 0 Å². The molecule has 82 valence electrons. The van der Waals surface area contributed by atoms with E-state index in [9.17, 15) is 0 Å². The molecule has 1 fully saturated rings. The summed E-state index contributed by atoms with van der Waals surface area (Å²) in [6.07, 6.45) is 5.98. The Morgan fingerprint density at radius 1 is 1.60 bits per heavy atom. The SMILES string of the molecule is CN1CCCC(CNc2ccncn2)C1. The molecule has 15 heavy (non-hydrogen) atoms. The van der Waals surface area contributed by atoms with E-state index in [-0.39, 0.29) is 0 Å². The van der Waals surface area contributed by atoms with E-state index in [0.717, 1.165) is 18.3 Å². The molecule has 1 atom stereocenters. The van der Waals surface area contributed by atoms with Gasteiger partial charge in [-0.1, -0.05) is 0 Å². The first-order valence-corrected chi connectivity index (χ1v) is 5.53. The molecule has 2 rings (SSSR count). The second-order valence-corrected chi connectivity index (χ2v) is 4.25. The molecule has 0 spiro atoms. The second-order valence-electron chi connectivity index (χ2n) is 4.25. The Balaban J connectivity index is 1.78. The number of likely N-dealkylation sites (tertiary alicyclic amines) is 1. The van der Waals surface area contributed by atoms with Crippen LogP contribution in [0.15, 0.2) is 18.6 Å². The Morgan fingerprint density at radius 2 is 2.53 bits per heavy atom. The molecule has 1 saturated heterocycles. The average molecular weight is 206 g/mol. The van der Waals surface area contributed by atoms with Crippen molar-refractivity contribution in [2.45, 2.75) is 12.8 Å². The fourth-order valence-corrected chi connectivity index (χ4v) is 2.08. The summed E-state index contributed by atoms with van der Waals surface area (Å²) < 4.78 is 0. The van der Waals surface area contributed by atoms with Gasteiger partial charge in [0, 0.05) is 19.3 Å². The van der Waals surface area contributed by atoms with Gasteiger partial charge in [0.1, 0.15) is 12.1 Å². The van der Waals surface area contributed by atoms with Crippen LogP contribution < -0.4 is 5.32 Å². The molecule has 1 aromatic rings. The molecule has 1 unspecified atom stereocenters. The highest BCUT2D eigenvalue weighted by Crippen LogP contribution is 2.15. The van der Waals surface area contributed by atoms with Gasteiger partial charge in [-0.05, 0) is 38.4 Å². The molecule has 1 aliphatic rings. The lowest BCUT2D eigenvalue weighted by atomic mass is 9.98. The zero-order valence-electron chi connectivity index (χ0n) is 9.19. The molecule has 0 amide bonds. The van der Waals surface area contributed by atoms with Crippen molar-refractivity contribution < 1.29 is 0 Å². The van der Waals surface area contributed by atoms with Crippen molar-refractivity contribution >= 4 is 5.82 Å². The summed E-state index contributed by atoms with van der Waals surface area (Å²) in [5.41, 5.74) is 0. The second kappa shape index (κ2) is 5.07. The number of nitrogens with one attached hydrogen (secondary N) is 1. The quantitative estimate of drug-likeness (QED) is 0.807. The predicted octanol–water partition coefficient (Wildman–Crippen LogP) is 1.23. The zero-order valence-corrected chi connectivity index (χ0v) is 9.19. The standard InChI is InChI=1S/C11H18N4/c1-15-6-2-3-10(8-15)7-13-11-4-5-12-9-14-11/h4-5,9-10H,2-3,6-8H2,1H3,(H,12,13,14). The van der Waals surface area contributed by atoms with E-state index in [2.05, 4.69) is 27.2 Å². The lowest BCUT2D eigenvalue weighted by Crippen LogP contribution is -2.35. The summed E-state index contributed by atoms with van der Waals surface area (Å²) in [6.45, 7) is 3.45. The summed E-state index contributed by atoms with van der Waals surface area (Å²) in [7, 11) is 2.19. The maximum Gasteiger partial charge on any atom is 0.129 e. The van der Waals surface area contributed by atoms with Crippen LogP contribution in [0.5, 0.6) is 0 Å². The molecule has 0 bridgehead atoms. The smallest absolute Gasteiger partial charge is 0.129 e. The van der Waals surface area contributed by atoms with Gasteiger partial charge in [-0.25, -0.2) is 9.97 Å². The lowest BCUT2D eigenvalue weighted by molar-refractivity contribution is 0.217. The highest BCUT2D eigenvalue weighted by molar-refractivity contribution is 5.31. The molecule has 0 radical (unpaired) electrons. The van der Waals surface area contributed by atoms with Gasteiger partial charge in [0.2, 0.25) is 0 Å². The van der Waals surface area contributed by atoms with Crippen molar-refractivity contribution in [3.05, 3.63) is 18.6 Å². The molecular formula is C11H18N4. The van der Waals surface area contributed by atoms with Gasteiger partial charge in [0.25, 0.3) is 0 Å². The molecule has 0 aliphatic carbocycles. The summed E-state index contributed by atoms with van der Waals surface area (Å²) in [4.78, 5) is 10.4. The monoisotopic (exact) mass is 206 g/mol. The van der Waals surface area contributed by atoms with E-state index in [1.54, 1.807) is 12.5 Å². The summed E-state index contributed by atoms with van der Waals surface area (Å²) in [5, 5.41) is 3.36. The number of aromatic nitrogens is 2. The molecule has 0 aromatic carbocycles. The van der Waals surface area contributed by atoms with Gasteiger partial charge in [-0.3, -0.25) is 0 Å². The number of nitrogens with zero attached hydrogens (tertiary/aromatic N) is 3. The maximum absolute atomic E-state index is 4.15. The van der Waals surface area contributed by atoms with Crippen LogP contribution in [0.2, 0.25) is 0 Å². The van der Waals surface area contributed by atoms with Crippen LogP contribution in [-0.2, 0) is 0 Å². The van der Waals surface area contributed by atoms with Crippen LogP contribution in [0.3, 0.4) is 0 Å². The molecule has 2 heterocycles. The van der Waals surface area contributed by atoms with Crippen molar-refractivity contribution in [2.24, 2.45) is 5.92 Å². The van der Waals surface area contributed by atoms with Gasteiger partial charge >= 0.3 is 0 Å². The fourth-order valence-electron chi connectivity index (χ4n) is 2.08. The third-order valence-corrected chi connectivity index (χ3v) is 2.88. The van der Waals surface area contributed by atoms with Gasteiger partial charge in [0.05, 0.1) is 0 Å². The minimum Gasteiger partial charge on any atom is -0.370 e.